The first kappa shape index (κ1) is 31.6. The molecule has 0 aliphatic rings. The lowest BCUT2D eigenvalue weighted by Gasteiger charge is -2.16. The van der Waals surface area contributed by atoms with Crippen molar-refractivity contribution >= 4 is 0 Å². The summed E-state index contributed by atoms with van der Waals surface area (Å²) in [6, 6.07) is 71.4. The van der Waals surface area contributed by atoms with Crippen molar-refractivity contribution in [1.29, 1.82) is 0 Å². The third kappa shape index (κ3) is 7.83. The van der Waals surface area contributed by atoms with Gasteiger partial charge in [-0.2, -0.15) is 0 Å². The van der Waals surface area contributed by atoms with E-state index in [0.717, 1.165) is 62.4 Å². The fourth-order valence-electron chi connectivity index (χ4n) is 6.46. The third-order valence-corrected chi connectivity index (χ3v) is 8.90. The summed E-state index contributed by atoms with van der Waals surface area (Å²) in [5.41, 5.74) is 11.2. The zero-order chi connectivity index (χ0) is 34.2. The van der Waals surface area contributed by atoms with Crippen molar-refractivity contribution < 1.29 is 9.47 Å². The fraction of sp³-hybridized carbons (Fsp3) is 0.0204. The van der Waals surface area contributed by atoms with E-state index in [1.54, 1.807) is 0 Å². The molecule has 51 heavy (non-hydrogen) atoms. The van der Waals surface area contributed by atoms with Crippen LogP contribution in [0.25, 0.3) is 44.5 Å². The first-order valence-electron chi connectivity index (χ1n) is 17.3. The Hall–Kier alpha value is -6.64. The average Bonchev–Trinajstić information content (AvgIpc) is 3.19. The maximum absolute atomic E-state index is 6.77. The van der Waals surface area contributed by atoms with E-state index in [4.69, 9.17) is 9.47 Å². The summed E-state index contributed by atoms with van der Waals surface area (Å²) < 4.78 is 13.5. The van der Waals surface area contributed by atoms with Gasteiger partial charge in [-0.15, -0.1) is 0 Å². The molecule has 0 aliphatic heterocycles. The van der Waals surface area contributed by atoms with Gasteiger partial charge >= 0.3 is 0 Å². The maximum atomic E-state index is 6.77. The van der Waals surface area contributed by atoms with Gasteiger partial charge in [0.15, 0.2) is 0 Å². The number of hydrogen-bond donors (Lipinski definition) is 0. The molecular formula is C49H36O2. The number of hydrogen-bond acceptors (Lipinski definition) is 2. The van der Waals surface area contributed by atoms with Gasteiger partial charge in [0, 0.05) is 6.07 Å². The minimum Gasteiger partial charge on any atom is -0.457 e. The first-order valence-corrected chi connectivity index (χ1v) is 17.3. The summed E-state index contributed by atoms with van der Waals surface area (Å²) in [6.07, 6.45) is 0.803. The molecule has 8 aromatic rings. The number of rotatable bonds is 10. The van der Waals surface area contributed by atoms with Gasteiger partial charge in [-0.1, -0.05) is 158 Å². The molecule has 0 saturated heterocycles. The summed E-state index contributed by atoms with van der Waals surface area (Å²) in [4.78, 5) is 0. The molecule has 0 aliphatic carbocycles. The zero-order valence-electron chi connectivity index (χ0n) is 28.2. The smallest absolute Gasteiger partial charge is 0.131 e. The summed E-state index contributed by atoms with van der Waals surface area (Å²) in [5, 5.41) is 0. The maximum Gasteiger partial charge on any atom is 0.131 e. The number of benzene rings is 8. The van der Waals surface area contributed by atoms with E-state index >= 15 is 0 Å². The molecule has 0 N–H and O–H groups in total. The molecule has 244 valence electrons. The van der Waals surface area contributed by atoms with Crippen molar-refractivity contribution in [3.05, 3.63) is 217 Å². The van der Waals surface area contributed by atoms with Crippen molar-refractivity contribution in [2.75, 3.05) is 0 Å². The van der Waals surface area contributed by atoms with Crippen LogP contribution in [0.4, 0.5) is 0 Å². The topological polar surface area (TPSA) is 18.5 Å². The molecule has 0 bridgehead atoms. The van der Waals surface area contributed by atoms with E-state index in [1.165, 1.54) is 11.1 Å². The van der Waals surface area contributed by atoms with Crippen LogP contribution >= 0.6 is 0 Å². The Balaban J connectivity index is 1.19. The summed E-state index contributed by atoms with van der Waals surface area (Å²) in [5.74, 6) is 2.92. The normalized spacial score (nSPS) is 10.8. The SMILES string of the molecule is c1ccc(Cc2cc(Oc3cc(Oc4cc(-c5ccccc5)cc(-c5ccccc5)c4)cc(-c4ccccc4)c3)cc(-c3ccccc3)c2)cc1. The van der Waals surface area contributed by atoms with Crippen molar-refractivity contribution in [2.24, 2.45) is 0 Å². The van der Waals surface area contributed by atoms with Crippen molar-refractivity contribution in [3.63, 3.8) is 0 Å². The molecule has 0 radical (unpaired) electrons. The molecule has 0 heterocycles. The second-order valence-electron chi connectivity index (χ2n) is 12.6. The van der Waals surface area contributed by atoms with E-state index < -0.39 is 0 Å². The van der Waals surface area contributed by atoms with Crippen molar-refractivity contribution in [2.45, 2.75) is 6.42 Å². The molecule has 8 aromatic carbocycles. The van der Waals surface area contributed by atoms with E-state index in [9.17, 15) is 0 Å². The van der Waals surface area contributed by atoms with Gasteiger partial charge < -0.3 is 9.47 Å². The highest BCUT2D eigenvalue weighted by Gasteiger charge is 2.13. The van der Waals surface area contributed by atoms with Crippen LogP contribution in [0, 0.1) is 0 Å². The molecular weight excluding hydrogens is 621 g/mol. The quantitative estimate of drug-likeness (QED) is 0.146. The average molecular weight is 657 g/mol. The van der Waals surface area contributed by atoms with Crippen LogP contribution in [0.5, 0.6) is 23.0 Å². The van der Waals surface area contributed by atoms with Crippen molar-refractivity contribution in [3.8, 4) is 67.5 Å². The van der Waals surface area contributed by atoms with Gasteiger partial charge in [-0.05, 0) is 105 Å². The van der Waals surface area contributed by atoms with Gasteiger partial charge in [-0.25, -0.2) is 0 Å². The lowest BCUT2D eigenvalue weighted by Crippen LogP contribution is -1.94. The molecule has 0 unspecified atom stereocenters. The predicted molar refractivity (Wildman–Crippen MR) is 210 cm³/mol. The fourth-order valence-corrected chi connectivity index (χ4v) is 6.46. The van der Waals surface area contributed by atoms with E-state index in [2.05, 4.69) is 176 Å². The predicted octanol–water partition coefficient (Wildman–Crippen LogP) is 13.5. The van der Waals surface area contributed by atoms with E-state index in [0.29, 0.717) is 11.5 Å². The summed E-state index contributed by atoms with van der Waals surface area (Å²) in [7, 11) is 0. The van der Waals surface area contributed by atoms with Gasteiger partial charge in [0.25, 0.3) is 0 Å². The molecule has 2 nitrogen and oxygen atoms in total. The summed E-state index contributed by atoms with van der Waals surface area (Å²) >= 11 is 0. The van der Waals surface area contributed by atoms with Crippen LogP contribution in [0.1, 0.15) is 11.1 Å². The first-order chi connectivity index (χ1) is 25.2. The highest BCUT2D eigenvalue weighted by Crippen LogP contribution is 2.38. The Kier molecular flexibility index (Phi) is 9.21. The molecule has 0 amide bonds. The second-order valence-corrected chi connectivity index (χ2v) is 12.6. The Labute approximate surface area is 299 Å². The lowest BCUT2D eigenvalue weighted by atomic mass is 9.98. The Bertz CT molecular complexity index is 2290. The Morgan fingerprint density at radius 1 is 0.235 bits per heavy atom. The Morgan fingerprint density at radius 3 is 0.961 bits per heavy atom. The highest BCUT2D eigenvalue weighted by molar-refractivity contribution is 5.76. The molecule has 0 saturated carbocycles. The van der Waals surface area contributed by atoms with Crippen molar-refractivity contribution in [1.82, 2.24) is 0 Å². The van der Waals surface area contributed by atoms with Crippen LogP contribution < -0.4 is 9.47 Å². The van der Waals surface area contributed by atoms with Crippen LogP contribution in [0.15, 0.2) is 206 Å². The van der Waals surface area contributed by atoms with Gasteiger partial charge in [-0.3, -0.25) is 0 Å². The summed E-state index contributed by atoms with van der Waals surface area (Å²) in [6.45, 7) is 0. The van der Waals surface area contributed by atoms with E-state index in [-0.39, 0.29) is 0 Å². The largest absolute Gasteiger partial charge is 0.457 e. The van der Waals surface area contributed by atoms with Crippen LogP contribution in [0.2, 0.25) is 0 Å². The Morgan fingerprint density at radius 2 is 0.549 bits per heavy atom. The minimum absolute atomic E-state index is 0.694. The minimum atomic E-state index is 0.694. The second kappa shape index (κ2) is 14.9. The standard InChI is InChI=1S/C49H36O2/c1-6-16-36(17-7-1)26-37-27-42(38-18-8-2-9-19-38)30-46(28-37)50-48-33-45(41-24-14-5-15-25-41)34-49(35-48)51-47-31-43(39-20-10-3-11-21-39)29-44(32-47)40-22-12-4-13-23-40/h1-25,27-35H,26H2. The molecule has 2 heteroatoms. The zero-order valence-corrected chi connectivity index (χ0v) is 28.2. The molecule has 0 atom stereocenters. The third-order valence-electron chi connectivity index (χ3n) is 8.90. The number of ether oxygens (including phenoxy) is 2. The van der Waals surface area contributed by atoms with Gasteiger partial charge in [0.2, 0.25) is 0 Å². The molecule has 8 rings (SSSR count). The monoisotopic (exact) mass is 656 g/mol. The lowest BCUT2D eigenvalue weighted by molar-refractivity contribution is 0.461. The van der Waals surface area contributed by atoms with E-state index in [1.807, 2.05) is 30.3 Å². The van der Waals surface area contributed by atoms with Gasteiger partial charge in [0.05, 0.1) is 0 Å². The van der Waals surface area contributed by atoms with Crippen LogP contribution in [0.3, 0.4) is 0 Å². The molecule has 0 aromatic heterocycles. The molecule has 0 fully saturated rings. The van der Waals surface area contributed by atoms with Gasteiger partial charge in [0.1, 0.15) is 23.0 Å². The molecule has 0 spiro atoms. The van der Waals surface area contributed by atoms with Crippen LogP contribution in [-0.4, -0.2) is 0 Å². The van der Waals surface area contributed by atoms with Crippen LogP contribution in [-0.2, 0) is 6.42 Å². The highest BCUT2D eigenvalue weighted by atomic mass is 16.5.